The molecule has 0 atom stereocenters. The third-order valence-corrected chi connectivity index (χ3v) is 1.29. The van der Waals surface area contributed by atoms with E-state index in [1.165, 1.54) is 0 Å². The standard InChI is InChI=1S/C6H8O7.Na.H3O4P.H/c7-3(8)1-6(13,5(11)12)2-4(9)10;;1-5(2,3)4;/h13H,1-2H2,(H,7,8)(H,9,10)(H,11,12);;(H3,1,2,3,4);. The van der Waals surface area contributed by atoms with E-state index >= 15 is 0 Å². The molecule has 0 spiro atoms. The van der Waals surface area contributed by atoms with Crippen LogP contribution in [0, 0.1) is 0 Å². The Balaban J connectivity index is -0.000000366. The third-order valence-electron chi connectivity index (χ3n) is 1.29. The van der Waals surface area contributed by atoms with E-state index in [4.69, 9.17) is 39.7 Å². The van der Waals surface area contributed by atoms with Gasteiger partial charge in [-0.15, -0.1) is 0 Å². The van der Waals surface area contributed by atoms with E-state index in [9.17, 15) is 14.4 Å². The van der Waals surface area contributed by atoms with Gasteiger partial charge in [0, 0.05) is 0 Å². The van der Waals surface area contributed by atoms with E-state index < -0.39 is 44.2 Å². The predicted octanol–water partition coefficient (Wildman–Crippen LogP) is -2.83. The molecule has 7 N–H and O–H groups in total. The number of aliphatic carboxylic acids is 3. The summed E-state index contributed by atoms with van der Waals surface area (Å²) >= 11 is 0. The van der Waals surface area contributed by atoms with Crippen molar-refractivity contribution in [1.29, 1.82) is 0 Å². The van der Waals surface area contributed by atoms with Gasteiger partial charge in [0.15, 0.2) is 5.60 Å². The van der Waals surface area contributed by atoms with Gasteiger partial charge < -0.3 is 35.1 Å². The zero-order valence-corrected chi connectivity index (χ0v) is 9.52. The first-order valence-electron chi connectivity index (χ1n) is 3.95. The van der Waals surface area contributed by atoms with Gasteiger partial charge in [0.1, 0.15) is 0 Å². The fourth-order valence-electron chi connectivity index (χ4n) is 0.714. The summed E-state index contributed by atoms with van der Waals surface area (Å²) < 4.78 is 8.88. The molecule has 0 aliphatic heterocycles. The van der Waals surface area contributed by atoms with E-state index in [0.29, 0.717) is 0 Å². The van der Waals surface area contributed by atoms with Crippen LogP contribution in [0.25, 0.3) is 0 Å². The second-order valence-corrected chi connectivity index (χ2v) is 4.02. The first kappa shape index (κ1) is 23.6. The van der Waals surface area contributed by atoms with Crippen LogP contribution in [0.15, 0.2) is 0 Å². The fourth-order valence-corrected chi connectivity index (χ4v) is 0.714. The van der Waals surface area contributed by atoms with Crippen molar-refractivity contribution in [2.45, 2.75) is 18.4 Å². The monoisotopic (exact) mass is 314 g/mol. The van der Waals surface area contributed by atoms with Gasteiger partial charge in [-0.25, -0.2) is 9.36 Å². The van der Waals surface area contributed by atoms with Gasteiger partial charge in [-0.3, -0.25) is 9.59 Å². The molecule has 0 fully saturated rings. The summed E-state index contributed by atoms with van der Waals surface area (Å²) in [4.78, 5) is 52.0. The van der Waals surface area contributed by atoms with Crippen molar-refractivity contribution in [1.82, 2.24) is 0 Å². The van der Waals surface area contributed by atoms with E-state index in [0.717, 1.165) is 0 Å². The van der Waals surface area contributed by atoms with Gasteiger partial charge in [0.05, 0.1) is 12.8 Å². The van der Waals surface area contributed by atoms with Crippen molar-refractivity contribution < 1.29 is 54.1 Å². The first-order chi connectivity index (χ1) is 7.78. The number of carbonyl (C=O) groups is 3. The number of aliphatic hydroxyl groups is 1. The number of hydrogen-bond acceptors (Lipinski definition) is 5. The molecule has 0 aliphatic rings. The number of phosphoric acid groups is 1. The molecule has 0 amide bonds. The Hall–Kier alpha value is -0.520. The van der Waals surface area contributed by atoms with Gasteiger partial charge in [-0.2, -0.15) is 0 Å². The quantitative estimate of drug-likeness (QED) is 0.203. The third kappa shape index (κ3) is 17.5. The summed E-state index contributed by atoms with van der Waals surface area (Å²) in [6.45, 7) is 0. The summed E-state index contributed by atoms with van der Waals surface area (Å²) in [7, 11) is -4.64. The van der Waals surface area contributed by atoms with Crippen LogP contribution in [0.1, 0.15) is 12.8 Å². The van der Waals surface area contributed by atoms with Crippen LogP contribution in [0.5, 0.6) is 0 Å². The molecule has 0 unspecified atom stereocenters. The number of carboxylic acids is 3. The zero-order valence-electron chi connectivity index (χ0n) is 8.62. The van der Waals surface area contributed by atoms with Crippen molar-refractivity contribution in [3.8, 4) is 0 Å². The Morgan fingerprint density at radius 3 is 1.21 bits per heavy atom. The molecule has 108 valence electrons. The van der Waals surface area contributed by atoms with Gasteiger partial charge in [-0.05, 0) is 0 Å². The molecule has 0 bridgehead atoms. The zero-order chi connectivity index (χ0) is 15.1. The van der Waals surface area contributed by atoms with Crippen LogP contribution >= 0.6 is 7.82 Å². The second kappa shape index (κ2) is 9.39. The Morgan fingerprint density at radius 2 is 1.11 bits per heavy atom. The summed E-state index contributed by atoms with van der Waals surface area (Å²) in [5.74, 6) is -5.02. The minimum atomic E-state index is -4.64. The maximum atomic E-state index is 10.3. The van der Waals surface area contributed by atoms with Crippen molar-refractivity contribution in [3.05, 3.63) is 0 Å². The summed E-state index contributed by atoms with van der Waals surface area (Å²) in [5.41, 5.74) is -2.74. The van der Waals surface area contributed by atoms with Gasteiger partial charge >= 0.3 is 55.3 Å². The minimum absolute atomic E-state index is 0. The molecule has 0 radical (unpaired) electrons. The normalized spacial score (nSPS) is 10.5. The molecule has 0 aromatic heterocycles. The Morgan fingerprint density at radius 1 is 0.895 bits per heavy atom. The van der Waals surface area contributed by atoms with E-state index in [1.807, 2.05) is 0 Å². The molecular formula is C6H12NaO11P. The molecule has 13 heteroatoms. The van der Waals surface area contributed by atoms with Gasteiger partial charge in [0.2, 0.25) is 0 Å². The van der Waals surface area contributed by atoms with Crippen LogP contribution in [0.3, 0.4) is 0 Å². The fraction of sp³-hybridized carbons (Fsp3) is 0.500. The number of hydrogen-bond donors (Lipinski definition) is 7. The molecule has 0 saturated heterocycles. The average molecular weight is 314 g/mol. The van der Waals surface area contributed by atoms with Crippen LogP contribution in [-0.2, 0) is 18.9 Å². The Bertz CT molecular complexity index is 349. The molecule has 11 nitrogen and oxygen atoms in total. The van der Waals surface area contributed by atoms with Crippen LogP contribution < -0.4 is 0 Å². The van der Waals surface area contributed by atoms with E-state index in [2.05, 4.69) is 0 Å². The molecule has 19 heavy (non-hydrogen) atoms. The molecule has 0 rings (SSSR count). The van der Waals surface area contributed by atoms with Crippen LogP contribution in [0.2, 0.25) is 0 Å². The predicted molar refractivity (Wildman–Crippen MR) is 58.5 cm³/mol. The maximum absolute atomic E-state index is 10.3. The van der Waals surface area contributed by atoms with Crippen molar-refractivity contribution in [2.24, 2.45) is 0 Å². The molecular weight excluding hydrogens is 302 g/mol. The first-order valence-corrected chi connectivity index (χ1v) is 5.52. The van der Waals surface area contributed by atoms with Gasteiger partial charge in [-0.1, -0.05) is 0 Å². The number of carboxylic acid groups (broad SMARTS) is 3. The van der Waals surface area contributed by atoms with Crippen LogP contribution in [0.4, 0.5) is 0 Å². The summed E-state index contributed by atoms with van der Waals surface area (Å²) in [5, 5.41) is 33.8. The second-order valence-electron chi connectivity index (χ2n) is 2.99. The SMILES string of the molecule is O=C(O)CC(O)(CC(=O)O)C(=O)O.O=P(O)(O)O.[NaH]. The average Bonchev–Trinajstić information content (AvgIpc) is 1.95. The molecule has 0 aromatic rings. The topological polar surface area (TPSA) is 210 Å². The van der Waals surface area contributed by atoms with Crippen molar-refractivity contribution in [3.63, 3.8) is 0 Å². The molecule has 0 aromatic carbocycles. The molecule has 0 heterocycles. The Kier molecular flexibility index (Phi) is 11.7. The summed E-state index contributed by atoms with van der Waals surface area (Å²) in [6, 6.07) is 0. The van der Waals surface area contributed by atoms with E-state index in [1.54, 1.807) is 0 Å². The van der Waals surface area contributed by atoms with Crippen molar-refractivity contribution >= 4 is 55.3 Å². The van der Waals surface area contributed by atoms with E-state index in [-0.39, 0.29) is 29.6 Å². The molecule has 0 saturated carbocycles. The van der Waals surface area contributed by atoms with Crippen LogP contribution in [-0.4, -0.2) is 88.2 Å². The van der Waals surface area contributed by atoms with Gasteiger partial charge in [0.25, 0.3) is 0 Å². The molecule has 0 aliphatic carbocycles. The van der Waals surface area contributed by atoms with Crippen molar-refractivity contribution in [2.75, 3.05) is 0 Å². The summed E-state index contributed by atoms with van der Waals surface area (Å²) in [6.07, 6.45) is -2.29. The Labute approximate surface area is 128 Å². The number of rotatable bonds is 5.